The van der Waals surface area contributed by atoms with Crippen molar-refractivity contribution in [1.29, 1.82) is 0 Å². The van der Waals surface area contributed by atoms with Crippen molar-refractivity contribution in [2.24, 2.45) is 0 Å². The van der Waals surface area contributed by atoms with Crippen LogP contribution in [0, 0.1) is 0 Å². The van der Waals surface area contributed by atoms with E-state index in [-0.39, 0.29) is 0 Å². The first-order valence-electron chi connectivity index (χ1n) is 7.45. The Bertz CT molecular complexity index is 484. The molecule has 0 amide bonds. The van der Waals surface area contributed by atoms with Crippen LogP contribution in [0.25, 0.3) is 0 Å². The highest BCUT2D eigenvalue weighted by molar-refractivity contribution is 6.03. The molecular weight excluding hydrogens is 264 g/mol. The lowest BCUT2D eigenvalue weighted by Gasteiger charge is -2.06. The molecule has 21 heavy (non-hydrogen) atoms. The zero-order valence-electron chi connectivity index (χ0n) is 13.3. The van der Waals surface area contributed by atoms with E-state index in [1.165, 1.54) is 0 Å². The molecule has 1 aliphatic rings. The maximum Gasteiger partial charge on any atom is 0.346 e. The average molecular weight is 288 g/mol. The van der Waals surface area contributed by atoms with Gasteiger partial charge < -0.3 is 4.74 Å². The fourth-order valence-corrected chi connectivity index (χ4v) is 1.54. The van der Waals surface area contributed by atoms with Crippen molar-refractivity contribution in [2.75, 3.05) is 0 Å². The van der Waals surface area contributed by atoms with Gasteiger partial charge in [0.25, 0.3) is 0 Å². The number of carbonyl (C=O) groups is 2. The van der Waals surface area contributed by atoms with Crippen molar-refractivity contribution < 1.29 is 14.3 Å². The molecule has 0 N–H and O–H groups in total. The molecular formula is C18H24O3. The Morgan fingerprint density at radius 1 is 0.905 bits per heavy atom. The number of esters is 2. The van der Waals surface area contributed by atoms with Gasteiger partial charge in [-0.1, -0.05) is 64.1 Å². The molecule has 2 rings (SSSR count). The minimum atomic E-state index is -0.615. The summed E-state index contributed by atoms with van der Waals surface area (Å²) in [7, 11) is 0. The molecule has 3 heteroatoms. The summed E-state index contributed by atoms with van der Waals surface area (Å²) in [6.45, 7) is 8.00. The molecule has 1 aromatic carbocycles. The molecule has 0 saturated carbocycles. The van der Waals surface area contributed by atoms with E-state index in [4.69, 9.17) is 4.74 Å². The zero-order chi connectivity index (χ0) is 16.1. The van der Waals surface area contributed by atoms with Crippen molar-refractivity contribution >= 4 is 11.9 Å². The predicted molar refractivity (Wildman–Crippen MR) is 86.0 cm³/mol. The van der Waals surface area contributed by atoms with Gasteiger partial charge in [0.1, 0.15) is 0 Å². The zero-order valence-corrected chi connectivity index (χ0v) is 13.3. The predicted octanol–water partition coefficient (Wildman–Crippen LogP) is 4.70. The van der Waals surface area contributed by atoms with E-state index in [1.807, 2.05) is 33.8 Å². The maximum atomic E-state index is 11.6. The number of allylic oxidation sites excluding steroid dienone is 2. The minimum absolute atomic E-state index is 0.376. The normalized spacial score (nSPS) is 11.9. The highest BCUT2D eigenvalue weighted by Crippen LogP contribution is 2.12. The summed E-state index contributed by atoms with van der Waals surface area (Å²) >= 11 is 0. The van der Waals surface area contributed by atoms with Gasteiger partial charge in [-0.15, -0.1) is 0 Å². The number of rotatable bonds is 2. The van der Waals surface area contributed by atoms with E-state index in [9.17, 15) is 9.59 Å². The van der Waals surface area contributed by atoms with E-state index < -0.39 is 11.9 Å². The fraction of sp³-hybridized carbons (Fsp3) is 0.333. The van der Waals surface area contributed by atoms with Crippen molar-refractivity contribution in [1.82, 2.24) is 0 Å². The van der Waals surface area contributed by atoms with Gasteiger partial charge in [0, 0.05) is 0 Å². The van der Waals surface area contributed by atoms with Crippen LogP contribution < -0.4 is 0 Å². The third-order valence-corrected chi connectivity index (χ3v) is 2.43. The van der Waals surface area contributed by atoms with Crippen LogP contribution >= 0.6 is 0 Å². The number of carbonyl (C=O) groups excluding carboxylic acids is 2. The largest absolute Gasteiger partial charge is 0.386 e. The summed E-state index contributed by atoms with van der Waals surface area (Å²) in [6.07, 6.45) is 7.08. The Morgan fingerprint density at radius 3 is 2.05 bits per heavy atom. The van der Waals surface area contributed by atoms with Crippen LogP contribution in [-0.2, 0) is 9.53 Å². The molecule has 3 nitrogen and oxygen atoms in total. The highest BCUT2D eigenvalue weighted by Gasteiger charge is 2.15. The number of hydrogen-bond donors (Lipinski definition) is 0. The Kier molecular flexibility index (Phi) is 10.5. The van der Waals surface area contributed by atoms with Gasteiger partial charge in [0.2, 0.25) is 0 Å². The summed E-state index contributed by atoms with van der Waals surface area (Å²) in [6, 6.07) is 8.47. The second-order valence-electron chi connectivity index (χ2n) is 3.68. The van der Waals surface area contributed by atoms with Crippen molar-refractivity contribution in [3.63, 3.8) is 0 Å². The molecule has 0 saturated heterocycles. The summed E-state index contributed by atoms with van der Waals surface area (Å²) < 4.78 is 4.78. The van der Waals surface area contributed by atoms with E-state index in [0.29, 0.717) is 11.1 Å². The molecule has 0 spiro atoms. The molecule has 0 aromatic heterocycles. The van der Waals surface area contributed by atoms with Crippen LogP contribution in [-0.4, -0.2) is 11.9 Å². The van der Waals surface area contributed by atoms with E-state index in [0.717, 1.165) is 12.8 Å². The second kappa shape index (κ2) is 11.6. The Morgan fingerprint density at radius 2 is 1.52 bits per heavy atom. The first-order valence-corrected chi connectivity index (χ1v) is 7.45. The van der Waals surface area contributed by atoms with E-state index in [2.05, 4.69) is 0 Å². The standard InChI is InChI=1S/C14H12O3.2C2H6/c15-13(11-7-3-1-4-8-11)17-14(16)12-9-5-2-6-10-12;2*1-2/h1,3-5,7-10H,2,6H2;2*1-2H3. The molecule has 0 aliphatic heterocycles. The molecule has 0 atom stereocenters. The van der Waals surface area contributed by atoms with Gasteiger partial charge in [-0.2, -0.15) is 0 Å². The Hall–Kier alpha value is -2.16. The van der Waals surface area contributed by atoms with E-state index in [1.54, 1.807) is 42.5 Å². The maximum absolute atomic E-state index is 11.6. The van der Waals surface area contributed by atoms with Crippen LogP contribution in [0.15, 0.2) is 54.1 Å². The van der Waals surface area contributed by atoms with E-state index >= 15 is 0 Å². The van der Waals surface area contributed by atoms with Gasteiger partial charge in [-0.05, 0) is 25.0 Å². The number of hydrogen-bond acceptors (Lipinski definition) is 3. The smallest absolute Gasteiger partial charge is 0.346 e. The first-order chi connectivity index (χ1) is 10.3. The van der Waals surface area contributed by atoms with Crippen LogP contribution in [0.2, 0.25) is 0 Å². The van der Waals surface area contributed by atoms with Crippen LogP contribution in [0.4, 0.5) is 0 Å². The van der Waals surface area contributed by atoms with Gasteiger partial charge in [-0.3, -0.25) is 0 Å². The topological polar surface area (TPSA) is 43.4 Å². The quantitative estimate of drug-likeness (QED) is 0.585. The lowest BCUT2D eigenvalue weighted by Crippen LogP contribution is -2.14. The summed E-state index contributed by atoms with van der Waals surface area (Å²) in [5, 5.41) is 0. The molecule has 0 radical (unpaired) electrons. The summed E-state index contributed by atoms with van der Waals surface area (Å²) in [5.74, 6) is -1.20. The highest BCUT2D eigenvalue weighted by atomic mass is 16.6. The number of benzene rings is 1. The van der Waals surface area contributed by atoms with Gasteiger partial charge >= 0.3 is 11.9 Å². The third-order valence-electron chi connectivity index (χ3n) is 2.43. The van der Waals surface area contributed by atoms with Crippen LogP contribution in [0.1, 0.15) is 50.9 Å². The van der Waals surface area contributed by atoms with Gasteiger partial charge in [0.15, 0.2) is 0 Å². The summed E-state index contributed by atoms with van der Waals surface area (Å²) in [4.78, 5) is 23.2. The molecule has 0 fully saturated rings. The van der Waals surface area contributed by atoms with Crippen molar-refractivity contribution in [3.8, 4) is 0 Å². The van der Waals surface area contributed by atoms with Crippen LogP contribution in [0.3, 0.4) is 0 Å². The Labute approximate surface area is 127 Å². The molecule has 0 heterocycles. The Balaban J connectivity index is 0.000000921. The third kappa shape index (κ3) is 6.70. The monoisotopic (exact) mass is 288 g/mol. The van der Waals surface area contributed by atoms with Crippen molar-refractivity contribution in [3.05, 3.63) is 59.7 Å². The lowest BCUT2D eigenvalue weighted by molar-refractivity contribution is -0.133. The molecule has 114 valence electrons. The number of ether oxygens (including phenoxy) is 1. The fourth-order valence-electron chi connectivity index (χ4n) is 1.54. The molecule has 1 aromatic rings. The SMILES string of the molecule is CC.CC.O=C(OC(=O)c1ccccc1)C1=CCCC=C1. The lowest BCUT2D eigenvalue weighted by atomic mass is 10.1. The first kappa shape index (κ1) is 18.8. The summed E-state index contributed by atoms with van der Waals surface area (Å²) in [5.41, 5.74) is 0.821. The molecule has 0 bridgehead atoms. The molecule has 1 aliphatic carbocycles. The van der Waals surface area contributed by atoms with Crippen molar-refractivity contribution in [2.45, 2.75) is 40.5 Å². The minimum Gasteiger partial charge on any atom is -0.386 e. The van der Waals surface area contributed by atoms with Gasteiger partial charge in [-0.25, -0.2) is 9.59 Å². The van der Waals surface area contributed by atoms with Gasteiger partial charge in [0.05, 0.1) is 11.1 Å². The van der Waals surface area contributed by atoms with Crippen LogP contribution in [0.5, 0.6) is 0 Å². The average Bonchev–Trinajstić information content (AvgIpc) is 2.60. The molecule has 0 unspecified atom stereocenters. The second-order valence-corrected chi connectivity index (χ2v) is 3.68.